The summed E-state index contributed by atoms with van der Waals surface area (Å²) in [6, 6.07) is 4.48. The van der Waals surface area contributed by atoms with Crippen molar-refractivity contribution in [3.05, 3.63) is 52.5 Å². The quantitative estimate of drug-likeness (QED) is 0.484. The van der Waals surface area contributed by atoms with E-state index in [-0.39, 0.29) is 17.0 Å². The van der Waals surface area contributed by atoms with Crippen LogP contribution in [0.2, 0.25) is 0 Å². The Balaban J connectivity index is 2.36. The highest BCUT2D eigenvalue weighted by Crippen LogP contribution is 2.30. The molecule has 1 heterocycles. The molecule has 96 valence electrons. The van der Waals surface area contributed by atoms with Crippen LogP contribution in [0.5, 0.6) is 0 Å². The second-order valence-corrected chi connectivity index (χ2v) is 4.73. The zero-order valence-electron chi connectivity index (χ0n) is 9.94. The molecule has 0 radical (unpaired) electrons. The minimum absolute atomic E-state index is 0.105. The van der Waals surface area contributed by atoms with Gasteiger partial charge in [-0.2, -0.15) is 0 Å². The number of aromatic nitrogens is 2. The SMILES string of the molecule is CC(=O)c1ccc(Sc2cnccn2)cc1[N+](=O)[O-]. The fourth-order valence-electron chi connectivity index (χ4n) is 1.48. The highest BCUT2D eigenvalue weighted by atomic mass is 32.2. The first kappa shape index (κ1) is 13.2. The number of Topliss-reactive ketones (excluding diaryl/α,β-unsaturated/α-hetero) is 1. The number of nitro benzene ring substituents is 1. The average Bonchev–Trinajstić information content (AvgIpc) is 2.39. The molecule has 0 amide bonds. The van der Waals surface area contributed by atoms with Crippen molar-refractivity contribution in [3.63, 3.8) is 0 Å². The van der Waals surface area contributed by atoms with E-state index in [0.717, 1.165) is 0 Å². The van der Waals surface area contributed by atoms with Crippen LogP contribution in [0.15, 0.2) is 46.7 Å². The van der Waals surface area contributed by atoms with Crippen LogP contribution < -0.4 is 0 Å². The Morgan fingerprint density at radius 2 is 2.16 bits per heavy atom. The molecular weight excluding hydrogens is 266 g/mol. The minimum Gasteiger partial charge on any atom is -0.294 e. The van der Waals surface area contributed by atoms with Gasteiger partial charge in [0.05, 0.1) is 16.7 Å². The molecule has 0 atom stereocenters. The smallest absolute Gasteiger partial charge is 0.281 e. The second-order valence-electron chi connectivity index (χ2n) is 3.64. The van der Waals surface area contributed by atoms with Crippen molar-refractivity contribution >= 4 is 23.2 Å². The van der Waals surface area contributed by atoms with Crippen molar-refractivity contribution < 1.29 is 9.72 Å². The second kappa shape index (κ2) is 5.57. The van der Waals surface area contributed by atoms with Crippen molar-refractivity contribution in [3.8, 4) is 0 Å². The van der Waals surface area contributed by atoms with E-state index in [4.69, 9.17) is 0 Å². The van der Waals surface area contributed by atoms with Crippen LogP contribution in [0.25, 0.3) is 0 Å². The Morgan fingerprint density at radius 1 is 1.37 bits per heavy atom. The van der Waals surface area contributed by atoms with E-state index in [1.54, 1.807) is 24.7 Å². The highest BCUT2D eigenvalue weighted by molar-refractivity contribution is 7.99. The Hall–Kier alpha value is -2.28. The van der Waals surface area contributed by atoms with Gasteiger partial charge in [-0.25, -0.2) is 4.98 Å². The molecule has 0 saturated heterocycles. The molecule has 6 nitrogen and oxygen atoms in total. The number of carbonyl (C=O) groups excluding carboxylic acids is 1. The fraction of sp³-hybridized carbons (Fsp3) is 0.0833. The molecule has 1 aromatic heterocycles. The zero-order valence-corrected chi connectivity index (χ0v) is 10.8. The maximum atomic E-state index is 11.3. The summed E-state index contributed by atoms with van der Waals surface area (Å²) in [4.78, 5) is 30.3. The topological polar surface area (TPSA) is 86.0 Å². The molecule has 0 fully saturated rings. The lowest BCUT2D eigenvalue weighted by Crippen LogP contribution is -2.00. The first-order valence-electron chi connectivity index (χ1n) is 5.31. The average molecular weight is 275 g/mol. The Kier molecular flexibility index (Phi) is 3.86. The van der Waals surface area contributed by atoms with Gasteiger partial charge in [-0.1, -0.05) is 11.8 Å². The van der Waals surface area contributed by atoms with Crippen molar-refractivity contribution in [1.29, 1.82) is 0 Å². The molecule has 0 saturated carbocycles. The van der Waals surface area contributed by atoms with E-state index in [0.29, 0.717) is 9.92 Å². The predicted octanol–water partition coefficient (Wildman–Crippen LogP) is 2.74. The van der Waals surface area contributed by atoms with Crippen LogP contribution in [0.3, 0.4) is 0 Å². The third-order valence-electron chi connectivity index (χ3n) is 2.31. The van der Waals surface area contributed by atoms with Gasteiger partial charge in [-0.05, 0) is 19.1 Å². The molecule has 0 aliphatic heterocycles. The molecule has 2 rings (SSSR count). The number of hydrogen-bond acceptors (Lipinski definition) is 6. The largest absolute Gasteiger partial charge is 0.294 e. The van der Waals surface area contributed by atoms with Gasteiger partial charge in [0.25, 0.3) is 5.69 Å². The van der Waals surface area contributed by atoms with E-state index < -0.39 is 4.92 Å². The minimum atomic E-state index is -0.558. The van der Waals surface area contributed by atoms with E-state index in [2.05, 4.69) is 9.97 Å². The molecule has 7 heteroatoms. The van der Waals surface area contributed by atoms with Crippen molar-refractivity contribution in [1.82, 2.24) is 9.97 Å². The van der Waals surface area contributed by atoms with Crippen LogP contribution in [0.1, 0.15) is 17.3 Å². The molecule has 0 bridgehead atoms. The molecule has 1 aromatic carbocycles. The van der Waals surface area contributed by atoms with E-state index >= 15 is 0 Å². The number of hydrogen-bond donors (Lipinski definition) is 0. The summed E-state index contributed by atoms with van der Waals surface area (Å²) in [5.74, 6) is -0.331. The molecule has 0 N–H and O–H groups in total. The summed E-state index contributed by atoms with van der Waals surface area (Å²) < 4.78 is 0. The van der Waals surface area contributed by atoms with Gasteiger partial charge in [-0.3, -0.25) is 19.9 Å². The van der Waals surface area contributed by atoms with Gasteiger partial charge in [0.1, 0.15) is 5.03 Å². The molecular formula is C12H9N3O3S. The van der Waals surface area contributed by atoms with Crippen LogP contribution in [0.4, 0.5) is 5.69 Å². The number of rotatable bonds is 4. The summed E-state index contributed by atoms with van der Waals surface area (Å²) >= 11 is 1.25. The van der Waals surface area contributed by atoms with E-state index in [1.807, 2.05) is 0 Å². The zero-order chi connectivity index (χ0) is 13.8. The number of ketones is 1. The number of carbonyl (C=O) groups is 1. The standard InChI is InChI=1S/C12H9N3O3S/c1-8(16)10-3-2-9(6-11(10)15(17)18)19-12-7-13-4-5-14-12/h2-7H,1H3. The third kappa shape index (κ3) is 3.14. The van der Waals surface area contributed by atoms with Crippen molar-refractivity contribution in [2.45, 2.75) is 16.8 Å². The maximum Gasteiger partial charge on any atom is 0.281 e. The van der Waals surface area contributed by atoms with Gasteiger partial charge in [0, 0.05) is 23.4 Å². The van der Waals surface area contributed by atoms with E-state index in [1.165, 1.54) is 30.8 Å². The first-order valence-corrected chi connectivity index (χ1v) is 6.13. The van der Waals surface area contributed by atoms with Gasteiger partial charge in [-0.15, -0.1) is 0 Å². The maximum absolute atomic E-state index is 11.3. The molecule has 2 aromatic rings. The van der Waals surface area contributed by atoms with Crippen LogP contribution in [-0.2, 0) is 0 Å². The van der Waals surface area contributed by atoms with Gasteiger partial charge < -0.3 is 0 Å². The molecule has 0 aliphatic rings. The summed E-state index contributed by atoms with van der Waals surface area (Å²) in [6.07, 6.45) is 4.65. The molecule has 19 heavy (non-hydrogen) atoms. The highest BCUT2D eigenvalue weighted by Gasteiger charge is 2.18. The Labute approximate surface area is 113 Å². The van der Waals surface area contributed by atoms with Gasteiger partial charge in [0.2, 0.25) is 0 Å². The first-order chi connectivity index (χ1) is 9.08. The summed E-state index contributed by atoms with van der Waals surface area (Å²) in [5.41, 5.74) is -0.0881. The van der Waals surface area contributed by atoms with Crippen molar-refractivity contribution in [2.24, 2.45) is 0 Å². The molecule has 0 unspecified atom stereocenters. The lowest BCUT2D eigenvalue weighted by atomic mass is 10.1. The number of nitrogens with zero attached hydrogens (tertiary/aromatic N) is 3. The summed E-state index contributed by atoms with van der Waals surface area (Å²) in [7, 11) is 0. The van der Waals surface area contributed by atoms with E-state index in [9.17, 15) is 14.9 Å². The van der Waals surface area contributed by atoms with Crippen molar-refractivity contribution in [2.75, 3.05) is 0 Å². The normalized spacial score (nSPS) is 10.2. The monoisotopic (exact) mass is 275 g/mol. The third-order valence-corrected chi connectivity index (χ3v) is 3.22. The predicted molar refractivity (Wildman–Crippen MR) is 69.3 cm³/mol. The van der Waals surface area contributed by atoms with Gasteiger partial charge in [0.15, 0.2) is 5.78 Å². The summed E-state index contributed by atoms with van der Waals surface area (Å²) in [6.45, 7) is 1.30. The molecule has 0 spiro atoms. The van der Waals surface area contributed by atoms with Crippen LogP contribution >= 0.6 is 11.8 Å². The number of benzene rings is 1. The lowest BCUT2D eigenvalue weighted by molar-refractivity contribution is -0.385. The Bertz CT molecular complexity index is 631. The van der Waals surface area contributed by atoms with Crippen LogP contribution in [0, 0.1) is 10.1 Å². The lowest BCUT2D eigenvalue weighted by Gasteiger charge is -2.03. The van der Waals surface area contributed by atoms with Gasteiger partial charge >= 0.3 is 0 Å². The molecule has 0 aliphatic carbocycles. The summed E-state index contributed by atoms with van der Waals surface area (Å²) in [5, 5.41) is 11.6. The fourth-order valence-corrected chi connectivity index (χ4v) is 2.26. The number of nitro groups is 1. The Morgan fingerprint density at radius 3 is 2.74 bits per heavy atom. The van der Waals surface area contributed by atoms with Crippen LogP contribution in [-0.4, -0.2) is 20.7 Å².